The summed E-state index contributed by atoms with van der Waals surface area (Å²) < 4.78 is 39.4. The molecule has 0 N–H and O–H groups in total. The number of phosphoric acid groups is 1. The Morgan fingerprint density at radius 1 is 1.29 bits per heavy atom. The summed E-state index contributed by atoms with van der Waals surface area (Å²) in [4.78, 5) is 33.0. The maximum atomic E-state index is 12.9. The van der Waals surface area contributed by atoms with E-state index in [-0.39, 0.29) is 12.8 Å². The number of hydrogen-bond donors (Lipinski definition) is 0. The number of phosphoric ester groups is 1. The number of nitrogens with zero attached hydrogens (tertiary/aromatic N) is 2. The number of hydrogen-bond acceptors (Lipinski definition) is 8. The quantitative estimate of drug-likeness (QED) is 0.453. The fourth-order valence-corrected chi connectivity index (χ4v) is 3.77. The Balaban J connectivity index is 1.95. The van der Waals surface area contributed by atoms with E-state index in [0.29, 0.717) is 18.9 Å². The highest BCUT2D eigenvalue weighted by Gasteiger charge is 2.48. The van der Waals surface area contributed by atoms with Crippen molar-refractivity contribution in [1.82, 2.24) is 0 Å². The standard InChI is InChI=1S/C13H15N2O8P/c16-14(17)10-5-6-13(11(7-10)15(18)19)23-24(20)21-8-9-3-1-2-4-12(9)22-24/h5-7,9,12H,1-4,8H2/t9-,12+,24?/m0/s1/i8D2,12D. The molecule has 11 heteroatoms. The van der Waals surface area contributed by atoms with Gasteiger partial charge in [0, 0.05) is 12.0 Å². The van der Waals surface area contributed by atoms with Gasteiger partial charge in [0.1, 0.15) is 12.6 Å². The van der Waals surface area contributed by atoms with E-state index in [9.17, 15) is 25.1 Å². The van der Waals surface area contributed by atoms with Crippen LogP contribution in [0, 0.1) is 26.1 Å². The van der Waals surface area contributed by atoms with Crippen molar-refractivity contribution >= 4 is 19.5 Å². The third-order valence-corrected chi connectivity index (χ3v) is 4.86. The molecule has 0 radical (unpaired) electrons. The monoisotopic (exact) mass is 361 g/mol. The SMILES string of the molecule is [2H]C1([2H])O[P+]([O-])(Oc2ccc([N+](=O)[O-])cc2[N+](=O)[O-])O[C@]2([2H])CCCC[C@@H]12. The van der Waals surface area contributed by atoms with Gasteiger partial charge in [-0.3, -0.25) is 24.8 Å². The summed E-state index contributed by atoms with van der Waals surface area (Å²) in [5.41, 5.74) is -1.45. The van der Waals surface area contributed by atoms with Crippen molar-refractivity contribution in [1.29, 1.82) is 0 Å². The predicted molar refractivity (Wildman–Crippen MR) is 80.1 cm³/mol. The third-order valence-electron chi connectivity index (χ3n) is 3.65. The maximum Gasteiger partial charge on any atom is 0.429 e. The summed E-state index contributed by atoms with van der Waals surface area (Å²) >= 11 is 0. The van der Waals surface area contributed by atoms with E-state index in [1.807, 2.05) is 0 Å². The van der Waals surface area contributed by atoms with Crippen molar-refractivity contribution in [3.8, 4) is 5.75 Å². The Labute approximate surface area is 141 Å². The Morgan fingerprint density at radius 2 is 2.04 bits per heavy atom. The molecule has 3 atom stereocenters. The lowest BCUT2D eigenvalue weighted by Gasteiger charge is -2.39. The van der Waals surface area contributed by atoms with Gasteiger partial charge in [0.2, 0.25) is 0 Å². The van der Waals surface area contributed by atoms with Crippen LogP contribution in [0.2, 0.25) is 0 Å². The summed E-state index contributed by atoms with van der Waals surface area (Å²) in [6.07, 6.45) is -0.292. The second-order valence-corrected chi connectivity index (χ2v) is 6.71. The van der Waals surface area contributed by atoms with E-state index in [2.05, 4.69) is 0 Å². The van der Waals surface area contributed by atoms with Crippen LogP contribution in [-0.2, 0) is 9.05 Å². The molecule has 2 fully saturated rings. The minimum absolute atomic E-state index is 0.0935. The molecule has 1 saturated carbocycles. The van der Waals surface area contributed by atoms with Gasteiger partial charge in [-0.05, 0) is 18.9 Å². The summed E-state index contributed by atoms with van der Waals surface area (Å²) in [7, 11) is -4.75. The summed E-state index contributed by atoms with van der Waals surface area (Å²) in [6.45, 7) is -2.51. The minimum Gasteiger partial charge on any atom is -0.598 e. The van der Waals surface area contributed by atoms with Crippen LogP contribution in [0.25, 0.3) is 0 Å². The van der Waals surface area contributed by atoms with Gasteiger partial charge in [-0.1, -0.05) is 12.8 Å². The average molecular weight is 361 g/mol. The highest BCUT2D eigenvalue weighted by Crippen LogP contribution is 2.60. The zero-order chi connectivity index (χ0) is 20.0. The number of nitro groups is 2. The topological polar surface area (TPSA) is 137 Å². The summed E-state index contributed by atoms with van der Waals surface area (Å²) in [5.74, 6) is -1.65. The van der Waals surface area contributed by atoms with Crippen LogP contribution in [0.5, 0.6) is 5.75 Å². The minimum atomic E-state index is -4.75. The van der Waals surface area contributed by atoms with Gasteiger partial charge in [-0.25, -0.2) is 0 Å². The van der Waals surface area contributed by atoms with Crippen molar-refractivity contribution in [2.24, 2.45) is 5.92 Å². The number of rotatable bonds is 4. The molecule has 2 aliphatic rings. The van der Waals surface area contributed by atoms with Crippen LogP contribution < -0.4 is 9.42 Å². The highest BCUT2D eigenvalue weighted by atomic mass is 31.2. The van der Waals surface area contributed by atoms with Crippen LogP contribution in [0.1, 0.15) is 29.8 Å². The molecule has 1 unspecified atom stereocenters. The lowest BCUT2D eigenvalue weighted by molar-refractivity contribution is -0.394. The van der Waals surface area contributed by atoms with Gasteiger partial charge >= 0.3 is 13.9 Å². The highest BCUT2D eigenvalue weighted by molar-refractivity contribution is 7.54. The third kappa shape index (κ3) is 3.46. The van der Waals surface area contributed by atoms with E-state index >= 15 is 0 Å². The molecule has 0 spiro atoms. The predicted octanol–water partition coefficient (Wildman–Crippen LogP) is 2.53. The first kappa shape index (κ1) is 13.4. The number of nitro benzene ring substituents is 2. The Hall–Kier alpha value is -1.87. The largest absolute Gasteiger partial charge is 0.598 e. The first-order valence-corrected chi connectivity index (χ1v) is 8.56. The van der Waals surface area contributed by atoms with Crippen molar-refractivity contribution in [2.45, 2.75) is 31.8 Å². The second kappa shape index (κ2) is 6.56. The molecule has 0 amide bonds. The molecule has 0 bridgehead atoms. The van der Waals surface area contributed by atoms with E-state index in [1.54, 1.807) is 0 Å². The zero-order valence-corrected chi connectivity index (χ0v) is 13.1. The number of benzene rings is 1. The fourth-order valence-electron chi connectivity index (χ4n) is 2.50. The molecule has 1 heterocycles. The van der Waals surface area contributed by atoms with Gasteiger partial charge in [0.15, 0.2) is 0 Å². The van der Waals surface area contributed by atoms with Crippen molar-refractivity contribution in [3.05, 3.63) is 38.4 Å². The summed E-state index contributed by atoms with van der Waals surface area (Å²) in [5, 5.41) is 22.0. The molecule has 1 aliphatic heterocycles. The molecule has 1 aliphatic carbocycles. The molecule has 24 heavy (non-hydrogen) atoms. The Bertz CT molecular complexity index is 799. The van der Waals surface area contributed by atoms with Gasteiger partial charge in [0.05, 0.1) is 20.0 Å². The van der Waals surface area contributed by atoms with Crippen LogP contribution in [0.4, 0.5) is 11.4 Å². The zero-order valence-electron chi connectivity index (χ0n) is 15.2. The first-order chi connectivity index (χ1) is 12.5. The molecule has 130 valence electrons. The van der Waals surface area contributed by atoms with Crippen LogP contribution in [0.15, 0.2) is 18.2 Å². The van der Waals surface area contributed by atoms with E-state index in [0.717, 1.165) is 12.1 Å². The van der Waals surface area contributed by atoms with E-state index in [4.69, 9.17) is 17.7 Å². The normalized spacial score (nSPS) is 36.5. The first-order valence-electron chi connectivity index (χ1n) is 8.60. The molecule has 0 aromatic heterocycles. The Morgan fingerprint density at radius 3 is 2.75 bits per heavy atom. The molecule has 1 aromatic carbocycles. The molecule has 1 aromatic rings. The van der Waals surface area contributed by atoms with E-state index < -0.39 is 53.7 Å². The maximum absolute atomic E-state index is 12.9. The van der Waals surface area contributed by atoms with Gasteiger partial charge in [-0.2, -0.15) is 9.05 Å². The molecular weight excluding hydrogens is 343 g/mol. The van der Waals surface area contributed by atoms with Crippen molar-refractivity contribution < 1.29 is 32.4 Å². The van der Waals surface area contributed by atoms with Crippen molar-refractivity contribution in [2.75, 3.05) is 6.56 Å². The lowest BCUT2D eigenvalue weighted by Crippen LogP contribution is -2.40. The molecule has 1 saturated heterocycles. The van der Waals surface area contributed by atoms with Gasteiger partial charge < -0.3 is 4.89 Å². The van der Waals surface area contributed by atoms with Crippen molar-refractivity contribution in [3.63, 3.8) is 0 Å². The van der Waals surface area contributed by atoms with Gasteiger partial charge in [-0.15, -0.1) is 0 Å². The molecule has 3 rings (SSSR count). The second-order valence-electron chi connectivity index (χ2n) is 5.27. The lowest BCUT2D eigenvalue weighted by atomic mass is 9.87. The molecule has 10 nitrogen and oxygen atoms in total. The van der Waals surface area contributed by atoms with Gasteiger partial charge in [0.25, 0.3) is 11.4 Å². The van der Waals surface area contributed by atoms with Crippen LogP contribution in [-0.4, -0.2) is 22.5 Å². The number of fused-ring (bicyclic) bond motifs is 1. The average Bonchev–Trinajstić information content (AvgIpc) is 2.52. The number of non-ortho nitro benzene ring substituents is 1. The Kier molecular flexibility index (Phi) is 3.67. The van der Waals surface area contributed by atoms with Crippen LogP contribution >= 0.6 is 8.17 Å². The fraction of sp³-hybridized carbons (Fsp3) is 0.538. The summed E-state index contributed by atoms with van der Waals surface area (Å²) in [6, 6.07) is 2.36. The smallest absolute Gasteiger partial charge is 0.429 e. The van der Waals surface area contributed by atoms with Crippen LogP contribution in [0.3, 0.4) is 0 Å². The van der Waals surface area contributed by atoms with E-state index in [1.165, 1.54) is 0 Å². The molecular formula is C13H15N2O8P.